The van der Waals surface area contributed by atoms with Crippen LogP contribution in [0.4, 0.5) is 0 Å². The predicted octanol–water partition coefficient (Wildman–Crippen LogP) is 1.35. The van der Waals surface area contributed by atoms with E-state index >= 15 is 0 Å². The number of allylic oxidation sites excluding steroid dienone is 3. The van der Waals surface area contributed by atoms with Gasteiger partial charge in [0.05, 0.1) is 11.7 Å². The number of rotatable bonds is 3. The Morgan fingerprint density at radius 1 is 1.50 bits per heavy atom. The van der Waals surface area contributed by atoms with Crippen LogP contribution in [0.3, 0.4) is 0 Å². The summed E-state index contributed by atoms with van der Waals surface area (Å²) in [6.45, 7) is 3.72. The summed E-state index contributed by atoms with van der Waals surface area (Å²) in [5, 5.41) is 9.35. The average Bonchev–Trinajstić information content (AvgIpc) is 2.48. The summed E-state index contributed by atoms with van der Waals surface area (Å²) in [6, 6.07) is 0. The molecule has 1 N–H and O–H groups in total. The molecule has 0 amide bonds. The predicted molar refractivity (Wildman–Crippen MR) is 53.6 cm³/mol. The minimum absolute atomic E-state index is 0.200. The molecule has 0 aromatic heterocycles. The number of esters is 1. The van der Waals surface area contributed by atoms with Gasteiger partial charge < -0.3 is 9.84 Å². The average molecular weight is 194 g/mol. The van der Waals surface area contributed by atoms with E-state index in [9.17, 15) is 9.90 Å². The molecule has 0 fully saturated rings. The van der Waals surface area contributed by atoms with Crippen LogP contribution >= 0.6 is 0 Å². The van der Waals surface area contributed by atoms with E-state index in [-0.39, 0.29) is 12.6 Å². The number of aliphatic hydroxyl groups is 1. The van der Waals surface area contributed by atoms with E-state index in [4.69, 9.17) is 4.74 Å². The number of carbonyl (C=O) groups is 1. The largest absolute Gasteiger partial charge is 0.457 e. The maximum Gasteiger partial charge on any atom is 0.338 e. The molecular weight excluding hydrogens is 180 g/mol. The maximum absolute atomic E-state index is 11.2. The van der Waals surface area contributed by atoms with Crippen LogP contribution in [0.5, 0.6) is 0 Å². The normalized spacial score (nSPS) is 19.8. The highest BCUT2D eigenvalue weighted by Crippen LogP contribution is 2.20. The van der Waals surface area contributed by atoms with E-state index in [2.05, 4.69) is 0 Å². The van der Waals surface area contributed by atoms with Gasteiger partial charge in [-0.15, -0.1) is 0 Å². The lowest BCUT2D eigenvalue weighted by atomic mass is 10.1. The zero-order valence-electron chi connectivity index (χ0n) is 8.36. The molecule has 1 heterocycles. The quantitative estimate of drug-likeness (QED) is 0.545. The Balaban J connectivity index is 2.89. The van der Waals surface area contributed by atoms with Gasteiger partial charge in [0.2, 0.25) is 0 Å². The van der Waals surface area contributed by atoms with Gasteiger partial charge >= 0.3 is 5.97 Å². The van der Waals surface area contributed by atoms with Crippen LogP contribution in [0.25, 0.3) is 0 Å². The summed E-state index contributed by atoms with van der Waals surface area (Å²) in [7, 11) is 0. The lowest BCUT2D eigenvalue weighted by molar-refractivity contribution is -0.135. The SMILES string of the molecule is C/C=C\C=C\C1=C([C@@H](C)O)COC1=O. The van der Waals surface area contributed by atoms with Gasteiger partial charge in [-0.05, 0) is 19.9 Å². The molecule has 0 aliphatic carbocycles. The second-order valence-corrected chi connectivity index (χ2v) is 3.08. The molecule has 0 aromatic rings. The van der Waals surface area contributed by atoms with Crippen LogP contribution in [0, 0.1) is 0 Å². The van der Waals surface area contributed by atoms with Crippen LogP contribution in [-0.4, -0.2) is 23.8 Å². The Morgan fingerprint density at radius 3 is 2.79 bits per heavy atom. The van der Waals surface area contributed by atoms with Crippen LogP contribution < -0.4 is 0 Å². The van der Waals surface area contributed by atoms with Crippen molar-refractivity contribution in [2.75, 3.05) is 6.61 Å². The molecular formula is C11H14O3. The summed E-state index contributed by atoms with van der Waals surface area (Å²) in [5.74, 6) is -0.360. The molecule has 3 nitrogen and oxygen atoms in total. The third-order valence-electron chi connectivity index (χ3n) is 2.00. The molecule has 0 aromatic carbocycles. The van der Waals surface area contributed by atoms with E-state index in [1.807, 2.05) is 19.1 Å². The van der Waals surface area contributed by atoms with Crippen LogP contribution in [-0.2, 0) is 9.53 Å². The number of hydrogen-bond donors (Lipinski definition) is 1. The van der Waals surface area contributed by atoms with E-state index in [0.29, 0.717) is 11.1 Å². The van der Waals surface area contributed by atoms with Crippen LogP contribution in [0.15, 0.2) is 35.5 Å². The molecule has 0 unspecified atom stereocenters. The van der Waals surface area contributed by atoms with Gasteiger partial charge in [0.25, 0.3) is 0 Å². The first-order valence-electron chi connectivity index (χ1n) is 4.54. The summed E-state index contributed by atoms with van der Waals surface area (Å²) in [4.78, 5) is 11.2. The Hall–Kier alpha value is -1.35. The van der Waals surface area contributed by atoms with Gasteiger partial charge in [-0.1, -0.05) is 18.2 Å². The molecule has 76 valence electrons. The van der Waals surface area contributed by atoms with Crippen LogP contribution in [0.1, 0.15) is 13.8 Å². The molecule has 1 aliphatic heterocycles. The zero-order chi connectivity index (χ0) is 10.6. The summed E-state index contributed by atoms with van der Waals surface area (Å²) >= 11 is 0. The fourth-order valence-electron chi connectivity index (χ4n) is 1.21. The van der Waals surface area contributed by atoms with Gasteiger partial charge in [-0.2, -0.15) is 0 Å². The van der Waals surface area contributed by atoms with Crippen molar-refractivity contribution in [3.8, 4) is 0 Å². The Labute approximate surface area is 83.4 Å². The van der Waals surface area contributed by atoms with Crippen molar-refractivity contribution in [2.24, 2.45) is 0 Å². The van der Waals surface area contributed by atoms with Crippen molar-refractivity contribution in [1.82, 2.24) is 0 Å². The number of ether oxygens (including phenoxy) is 1. The van der Waals surface area contributed by atoms with E-state index in [0.717, 1.165) is 0 Å². The fraction of sp³-hybridized carbons (Fsp3) is 0.364. The van der Waals surface area contributed by atoms with Gasteiger partial charge in [-0.3, -0.25) is 0 Å². The molecule has 1 atom stereocenters. The smallest absolute Gasteiger partial charge is 0.338 e. The van der Waals surface area contributed by atoms with E-state index in [1.165, 1.54) is 0 Å². The molecule has 0 bridgehead atoms. The molecule has 0 saturated carbocycles. The molecule has 0 saturated heterocycles. The fourth-order valence-corrected chi connectivity index (χ4v) is 1.21. The second-order valence-electron chi connectivity index (χ2n) is 3.08. The molecule has 3 heteroatoms. The molecule has 1 aliphatic rings. The summed E-state index contributed by atoms with van der Waals surface area (Å²) in [6.07, 6.45) is 6.46. The van der Waals surface area contributed by atoms with Crippen molar-refractivity contribution < 1.29 is 14.6 Å². The maximum atomic E-state index is 11.2. The van der Waals surface area contributed by atoms with Gasteiger partial charge in [0.1, 0.15) is 6.61 Å². The summed E-state index contributed by atoms with van der Waals surface area (Å²) in [5.41, 5.74) is 1.12. The highest BCUT2D eigenvalue weighted by Gasteiger charge is 2.24. The van der Waals surface area contributed by atoms with Gasteiger partial charge in [0, 0.05) is 5.57 Å². The van der Waals surface area contributed by atoms with Crippen LogP contribution in [0.2, 0.25) is 0 Å². The first-order chi connectivity index (χ1) is 6.66. The number of cyclic esters (lactones) is 1. The summed E-state index contributed by atoms with van der Waals surface area (Å²) < 4.78 is 4.82. The number of aliphatic hydroxyl groups excluding tert-OH is 1. The molecule has 14 heavy (non-hydrogen) atoms. The standard InChI is InChI=1S/C11H14O3/c1-3-4-5-6-9-10(8(2)12)7-14-11(9)13/h3-6,8,12H,7H2,1-2H3/b4-3-,6-5+/t8-/m1/s1. The molecule has 1 rings (SSSR count). The van der Waals surface area contributed by atoms with Gasteiger partial charge in [-0.25, -0.2) is 4.79 Å². The van der Waals surface area contributed by atoms with Crippen molar-refractivity contribution in [3.05, 3.63) is 35.5 Å². The first kappa shape index (κ1) is 10.7. The Morgan fingerprint density at radius 2 is 2.21 bits per heavy atom. The Bertz CT molecular complexity index is 308. The third-order valence-corrected chi connectivity index (χ3v) is 2.00. The van der Waals surface area contributed by atoms with E-state index < -0.39 is 6.10 Å². The highest BCUT2D eigenvalue weighted by atomic mass is 16.5. The number of hydrogen-bond acceptors (Lipinski definition) is 3. The number of carbonyl (C=O) groups excluding carboxylic acids is 1. The van der Waals surface area contributed by atoms with Crippen molar-refractivity contribution in [1.29, 1.82) is 0 Å². The lowest BCUT2D eigenvalue weighted by Crippen LogP contribution is -2.06. The minimum Gasteiger partial charge on any atom is -0.457 e. The third kappa shape index (κ3) is 2.33. The van der Waals surface area contributed by atoms with Gasteiger partial charge in [0.15, 0.2) is 0 Å². The minimum atomic E-state index is -0.633. The Kier molecular flexibility index (Phi) is 3.65. The molecule has 0 radical (unpaired) electrons. The molecule has 0 spiro atoms. The lowest BCUT2D eigenvalue weighted by Gasteiger charge is -2.02. The van der Waals surface area contributed by atoms with Crippen molar-refractivity contribution >= 4 is 5.97 Å². The topological polar surface area (TPSA) is 46.5 Å². The zero-order valence-corrected chi connectivity index (χ0v) is 8.36. The van der Waals surface area contributed by atoms with E-state index in [1.54, 1.807) is 19.1 Å². The monoisotopic (exact) mass is 194 g/mol. The first-order valence-corrected chi connectivity index (χ1v) is 4.54. The highest BCUT2D eigenvalue weighted by molar-refractivity contribution is 5.95. The second kappa shape index (κ2) is 4.77. The van der Waals surface area contributed by atoms with Crippen molar-refractivity contribution in [2.45, 2.75) is 20.0 Å². The van der Waals surface area contributed by atoms with Crippen molar-refractivity contribution in [3.63, 3.8) is 0 Å².